The van der Waals surface area contributed by atoms with Gasteiger partial charge in [0.15, 0.2) is 0 Å². The molecular weight excluding hydrogens is 318 g/mol. The highest BCUT2D eigenvalue weighted by Gasteiger charge is 2.11. The van der Waals surface area contributed by atoms with E-state index in [9.17, 15) is 4.79 Å². The van der Waals surface area contributed by atoms with Crippen LogP contribution in [0.1, 0.15) is 10.4 Å². The van der Waals surface area contributed by atoms with Crippen LogP contribution in [0.3, 0.4) is 0 Å². The second-order valence-corrected chi connectivity index (χ2v) is 5.04. The number of hydrogen-bond acceptors (Lipinski definition) is 5. The molecule has 116 valence electrons. The molecule has 8 heteroatoms. The van der Waals surface area contributed by atoms with Crippen molar-refractivity contribution in [3.05, 3.63) is 59.4 Å². The van der Waals surface area contributed by atoms with Gasteiger partial charge in [0, 0.05) is 22.3 Å². The predicted molar refractivity (Wildman–Crippen MR) is 85.1 cm³/mol. The zero-order valence-corrected chi connectivity index (χ0v) is 12.9. The lowest BCUT2D eigenvalue weighted by Gasteiger charge is -2.11. The van der Waals surface area contributed by atoms with Gasteiger partial charge in [0.05, 0.1) is 7.11 Å². The Hall–Kier alpha value is -2.93. The van der Waals surface area contributed by atoms with Crippen molar-refractivity contribution in [2.24, 2.45) is 0 Å². The molecule has 2 aromatic carbocycles. The summed E-state index contributed by atoms with van der Waals surface area (Å²) >= 11 is 5.82. The fourth-order valence-electron chi connectivity index (χ4n) is 2.02. The topological polar surface area (TPSA) is 81.9 Å². The van der Waals surface area contributed by atoms with E-state index >= 15 is 0 Å². The van der Waals surface area contributed by atoms with Crippen LogP contribution in [-0.4, -0.2) is 33.2 Å². The van der Waals surface area contributed by atoms with E-state index in [1.165, 1.54) is 18.1 Å². The molecule has 0 radical (unpaired) electrons. The maximum Gasteiger partial charge on any atom is 0.255 e. The zero-order valence-electron chi connectivity index (χ0n) is 12.1. The minimum atomic E-state index is -0.237. The van der Waals surface area contributed by atoms with Crippen molar-refractivity contribution in [3.8, 4) is 11.4 Å². The van der Waals surface area contributed by atoms with Crippen LogP contribution in [-0.2, 0) is 0 Å². The summed E-state index contributed by atoms with van der Waals surface area (Å²) in [6, 6.07) is 11.8. The summed E-state index contributed by atoms with van der Waals surface area (Å²) in [7, 11) is 1.54. The van der Waals surface area contributed by atoms with Crippen molar-refractivity contribution in [2.75, 3.05) is 12.4 Å². The number of methoxy groups -OCH3 is 1. The summed E-state index contributed by atoms with van der Waals surface area (Å²) < 4.78 is 6.80. The lowest BCUT2D eigenvalue weighted by atomic mass is 10.2. The van der Waals surface area contributed by atoms with Crippen LogP contribution in [0.4, 0.5) is 5.69 Å². The van der Waals surface area contributed by atoms with Crippen molar-refractivity contribution in [1.82, 2.24) is 20.2 Å². The Morgan fingerprint density at radius 1 is 1.22 bits per heavy atom. The predicted octanol–water partition coefficient (Wildman–Crippen LogP) is 2.58. The number of carbonyl (C=O) groups excluding carboxylic acids is 1. The van der Waals surface area contributed by atoms with Gasteiger partial charge in [-0.3, -0.25) is 4.79 Å². The van der Waals surface area contributed by atoms with Gasteiger partial charge in [0.2, 0.25) is 0 Å². The first-order valence-corrected chi connectivity index (χ1v) is 7.03. The Morgan fingerprint density at radius 2 is 2.00 bits per heavy atom. The van der Waals surface area contributed by atoms with E-state index in [-0.39, 0.29) is 5.91 Å². The van der Waals surface area contributed by atoms with Gasteiger partial charge in [0.25, 0.3) is 5.91 Å². The Kier molecular flexibility index (Phi) is 4.20. The van der Waals surface area contributed by atoms with Crippen LogP contribution in [0.15, 0.2) is 48.8 Å². The summed E-state index contributed by atoms with van der Waals surface area (Å²) in [6.07, 6.45) is 1.46. The molecule has 1 N–H and O–H groups in total. The molecule has 3 aromatic rings. The molecule has 0 saturated heterocycles. The highest BCUT2D eigenvalue weighted by atomic mass is 35.5. The third-order valence-electron chi connectivity index (χ3n) is 3.14. The van der Waals surface area contributed by atoms with Crippen LogP contribution >= 0.6 is 11.6 Å². The number of nitrogens with zero attached hydrogens (tertiary/aromatic N) is 4. The third kappa shape index (κ3) is 3.29. The maximum absolute atomic E-state index is 12.2. The van der Waals surface area contributed by atoms with Gasteiger partial charge in [-0.2, -0.15) is 4.68 Å². The fraction of sp³-hybridized carbons (Fsp3) is 0.0667. The van der Waals surface area contributed by atoms with E-state index in [4.69, 9.17) is 16.3 Å². The monoisotopic (exact) mass is 329 g/mol. The van der Waals surface area contributed by atoms with Crippen molar-refractivity contribution >= 4 is 23.2 Å². The second kappa shape index (κ2) is 6.45. The number of aromatic nitrogens is 4. The van der Waals surface area contributed by atoms with E-state index in [0.717, 1.165) is 0 Å². The number of nitrogens with one attached hydrogen (secondary N) is 1. The van der Waals surface area contributed by atoms with E-state index in [1.807, 2.05) is 0 Å². The molecule has 0 spiro atoms. The number of amides is 1. The molecule has 0 aliphatic rings. The molecule has 1 amide bonds. The Labute approximate surface area is 136 Å². The highest BCUT2D eigenvalue weighted by Crippen LogP contribution is 2.26. The van der Waals surface area contributed by atoms with Gasteiger partial charge in [-0.25, -0.2) is 0 Å². The van der Waals surface area contributed by atoms with Crippen molar-refractivity contribution in [2.45, 2.75) is 0 Å². The molecule has 1 heterocycles. The summed E-state index contributed by atoms with van der Waals surface area (Å²) in [6.45, 7) is 0. The first-order chi connectivity index (χ1) is 11.2. The number of ether oxygens (including phenoxy) is 1. The van der Waals surface area contributed by atoms with Crippen LogP contribution in [0.2, 0.25) is 5.02 Å². The lowest BCUT2D eigenvalue weighted by molar-refractivity contribution is 0.102. The standard InChI is InChI=1S/C15H12ClN5O2/c1-23-14-8-12(6-7-13(14)21-9-17-19-20-21)18-15(22)10-2-4-11(16)5-3-10/h2-9H,1H3,(H,18,22). The molecule has 1 aromatic heterocycles. The largest absolute Gasteiger partial charge is 0.494 e. The molecular formula is C15H12ClN5O2. The lowest BCUT2D eigenvalue weighted by Crippen LogP contribution is -2.12. The van der Waals surface area contributed by atoms with Gasteiger partial charge >= 0.3 is 0 Å². The first kappa shape index (κ1) is 15.0. The molecule has 0 fully saturated rings. The van der Waals surface area contributed by atoms with E-state index in [1.54, 1.807) is 42.5 Å². The van der Waals surface area contributed by atoms with Gasteiger partial charge in [-0.05, 0) is 46.8 Å². The maximum atomic E-state index is 12.2. The second-order valence-electron chi connectivity index (χ2n) is 4.60. The summed E-state index contributed by atoms with van der Waals surface area (Å²) in [4.78, 5) is 12.2. The summed E-state index contributed by atoms with van der Waals surface area (Å²) in [5.74, 6) is 0.296. The fourth-order valence-corrected chi connectivity index (χ4v) is 2.15. The quantitative estimate of drug-likeness (QED) is 0.795. The highest BCUT2D eigenvalue weighted by molar-refractivity contribution is 6.30. The van der Waals surface area contributed by atoms with Crippen LogP contribution in [0.5, 0.6) is 5.75 Å². The third-order valence-corrected chi connectivity index (χ3v) is 3.39. The average molecular weight is 330 g/mol. The summed E-state index contributed by atoms with van der Waals surface area (Å²) in [5.41, 5.74) is 1.78. The van der Waals surface area contributed by atoms with E-state index < -0.39 is 0 Å². The molecule has 0 saturated carbocycles. The van der Waals surface area contributed by atoms with Crippen molar-refractivity contribution in [3.63, 3.8) is 0 Å². The van der Waals surface area contributed by atoms with Crippen molar-refractivity contribution in [1.29, 1.82) is 0 Å². The van der Waals surface area contributed by atoms with Gasteiger partial charge in [0.1, 0.15) is 17.8 Å². The minimum absolute atomic E-state index is 0.237. The Bertz CT molecular complexity index is 818. The molecule has 0 unspecified atom stereocenters. The number of halogens is 1. The zero-order chi connectivity index (χ0) is 16.2. The van der Waals surface area contributed by atoms with Crippen LogP contribution in [0.25, 0.3) is 5.69 Å². The summed E-state index contributed by atoms with van der Waals surface area (Å²) in [5, 5.41) is 14.4. The van der Waals surface area contributed by atoms with E-state index in [2.05, 4.69) is 20.8 Å². The molecule has 0 aliphatic heterocycles. The smallest absolute Gasteiger partial charge is 0.255 e. The van der Waals surface area contributed by atoms with E-state index in [0.29, 0.717) is 27.7 Å². The Morgan fingerprint density at radius 3 is 2.65 bits per heavy atom. The van der Waals surface area contributed by atoms with Crippen LogP contribution in [0, 0.1) is 0 Å². The van der Waals surface area contributed by atoms with Crippen LogP contribution < -0.4 is 10.1 Å². The number of rotatable bonds is 4. The molecule has 0 atom stereocenters. The SMILES string of the molecule is COc1cc(NC(=O)c2ccc(Cl)cc2)ccc1-n1cnnn1. The number of benzene rings is 2. The molecule has 3 rings (SSSR count). The van der Waals surface area contributed by atoms with Gasteiger partial charge in [-0.1, -0.05) is 11.6 Å². The molecule has 23 heavy (non-hydrogen) atoms. The van der Waals surface area contributed by atoms with Crippen molar-refractivity contribution < 1.29 is 9.53 Å². The molecule has 0 bridgehead atoms. The first-order valence-electron chi connectivity index (χ1n) is 6.65. The van der Waals surface area contributed by atoms with Gasteiger partial charge < -0.3 is 10.1 Å². The normalized spacial score (nSPS) is 10.3. The number of carbonyl (C=O) groups is 1. The number of anilines is 1. The Balaban J connectivity index is 1.83. The minimum Gasteiger partial charge on any atom is -0.494 e. The number of tetrazole rings is 1. The average Bonchev–Trinajstić information content (AvgIpc) is 3.09. The number of hydrogen-bond donors (Lipinski definition) is 1. The molecule has 7 nitrogen and oxygen atoms in total. The van der Waals surface area contributed by atoms with Gasteiger partial charge in [-0.15, -0.1) is 5.10 Å². The molecule has 0 aliphatic carbocycles.